The molecule has 0 aromatic carbocycles. The van der Waals surface area contributed by atoms with Crippen LogP contribution in [0.2, 0.25) is 0 Å². The van der Waals surface area contributed by atoms with Crippen LogP contribution in [-0.4, -0.2) is 73.7 Å². The Kier molecular flexibility index (Phi) is 12.2. The van der Waals surface area contributed by atoms with Crippen LogP contribution < -0.4 is 10.6 Å². The summed E-state index contributed by atoms with van der Waals surface area (Å²) in [6.45, 7) is 19.4. The Hall–Kier alpha value is -0.0800. The topological polar surface area (TPSA) is 42.9 Å². The first-order valence-electron chi connectivity index (χ1n) is 11.0. The van der Waals surface area contributed by atoms with Crippen LogP contribution in [0.3, 0.4) is 0 Å². The number of piperidine rings is 2. The zero-order valence-electron chi connectivity index (χ0n) is 18.3. The maximum atomic E-state index is 4.95. The summed E-state index contributed by atoms with van der Waals surface area (Å²) < 4.78 is 0. The van der Waals surface area contributed by atoms with Crippen molar-refractivity contribution < 1.29 is 0 Å². The lowest BCUT2D eigenvalue weighted by molar-refractivity contribution is 0.161. The molecule has 0 amide bonds. The van der Waals surface area contributed by atoms with Gasteiger partial charge in [-0.05, 0) is 64.8 Å². The molecule has 2 rings (SSSR count). The molecule has 1 atom stereocenters. The number of hydrogen-bond acceptors (Lipinski definition) is 3. The van der Waals surface area contributed by atoms with Crippen molar-refractivity contribution in [3.8, 4) is 0 Å². The van der Waals surface area contributed by atoms with Crippen molar-refractivity contribution in [3.05, 3.63) is 0 Å². The fourth-order valence-electron chi connectivity index (χ4n) is 4.28. The van der Waals surface area contributed by atoms with Gasteiger partial charge in [0.1, 0.15) is 0 Å². The number of rotatable bonds is 7. The summed E-state index contributed by atoms with van der Waals surface area (Å²) in [4.78, 5) is 10.2. The van der Waals surface area contributed by atoms with E-state index >= 15 is 0 Å². The Bertz CT molecular complexity index is 419. The van der Waals surface area contributed by atoms with Gasteiger partial charge in [0.2, 0.25) is 0 Å². The van der Waals surface area contributed by atoms with E-state index in [-0.39, 0.29) is 24.0 Å². The first kappa shape index (κ1) is 25.0. The SMILES string of the molecule is CCNC(=NCC1CCCN(CC(C)C)C1)NC1CCN(C(C)C)CC1.I. The molecule has 160 valence electrons. The lowest BCUT2D eigenvalue weighted by Crippen LogP contribution is -2.50. The number of aliphatic imine (C=N–C) groups is 1. The van der Waals surface area contributed by atoms with E-state index in [4.69, 9.17) is 4.99 Å². The van der Waals surface area contributed by atoms with Gasteiger partial charge in [-0.2, -0.15) is 0 Å². The first-order valence-corrected chi connectivity index (χ1v) is 11.0. The summed E-state index contributed by atoms with van der Waals surface area (Å²) in [6.07, 6.45) is 5.08. The lowest BCUT2D eigenvalue weighted by Gasteiger charge is -2.35. The van der Waals surface area contributed by atoms with E-state index in [1.165, 1.54) is 58.4 Å². The number of guanidine groups is 1. The minimum Gasteiger partial charge on any atom is -0.357 e. The molecule has 5 nitrogen and oxygen atoms in total. The van der Waals surface area contributed by atoms with Crippen molar-refractivity contribution in [1.82, 2.24) is 20.4 Å². The minimum atomic E-state index is 0. The molecule has 6 heteroatoms. The third kappa shape index (κ3) is 9.31. The quantitative estimate of drug-likeness (QED) is 0.324. The van der Waals surface area contributed by atoms with Gasteiger partial charge in [-0.15, -0.1) is 24.0 Å². The first-order chi connectivity index (χ1) is 12.5. The van der Waals surface area contributed by atoms with Crippen LogP contribution >= 0.6 is 24.0 Å². The second kappa shape index (κ2) is 13.2. The molecule has 2 saturated heterocycles. The van der Waals surface area contributed by atoms with Crippen molar-refractivity contribution in [2.24, 2.45) is 16.8 Å². The average Bonchev–Trinajstić information content (AvgIpc) is 2.60. The Morgan fingerprint density at radius 2 is 1.78 bits per heavy atom. The molecular weight excluding hydrogens is 449 g/mol. The summed E-state index contributed by atoms with van der Waals surface area (Å²) in [5.41, 5.74) is 0. The molecule has 2 aliphatic heterocycles. The lowest BCUT2D eigenvalue weighted by atomic mass is 9.97. The number of likely N-dealkylation sites (tertiary alicyclic amines) is 2. The number of nitrogens with zero attached hydrogens (tertiary/aromatic N) is 3. The van der Waals surface area contributed by atoms with E-state index in [1.807, 2.05) is 0 Å². The highest BCUT2D eigenvalue weighted by Crippen LogP contribution is 2.18. The summed E-state index contributed by atoms with van der Waals surface area (Å²) in [5, 5.41) is 7.16. The van der Waals surface area contributed by atoms with Gasteiger partial charge in [-0.25, -0.2) is 0 Å². The third-order valence-electron chi connectivity index (χ3n) is 5.68. The van der Waals surface area contributed by atoms with Crippen LogP contribution in [0.4, 0.5) is 0 Å². The van der Waals surface area contributed by atoms with Crippen molar-refractivity contribution in [2.75, 3.05) is 45.8 Å². The largest absolute Gasteiger partial charge is 0.357 e. The Morgan fingerprint density at radius 1 is 1.07 bits per heavy atom. The summed E-state index contributed by atoms with van der Waals surface area (Å²) in [6, 6.07) is 1.23. The Labute approximate surface area is 185 Å². The molecule has 0 bridgehead atoms. The highest BCUT2D eigenvalue weighted by Gasteiger charge is 2.22. The molecule has 2 N–H and O–H groups in total. The molecule has 0 saturated carbocycles. The predicted octanol–water partition coefficient (Wildman–Crippen LogP) is 3.40. The monoisotopic (exact) mass is 493 g/mol. The summed E-state index contributed by atoms with van der Waals surface area (Å²) >= 11 is 0. The minimum absolute atomic E-state index is 0. The zero-order chi connectivity index (χ0) is 18.9. The van der Waals surface area contributed by atoms with Crippen molar-refractivity contribution in [3.63, 3.8) is 0 Å². The maximum absolute atomic E-state index is 4.95. The number of halogens is 1. The fraction of sp³-hybridized carbons (Fsp3) is 0.952. The van der Waals surface area contributed by atoms with Crippen molar-refractivity contribution >= 4 is 29.9 Å². The second-order valence-electron chi connectivity index (χ2n) is 8.93. The highest BCUT2D eigenvalue weighted by molar-refractivity contribution is 14.0. The molecule has 0 spiro atoms. The summed E-state index contributed by atoms with van der Waals surface area (Å²) in [7, 11) is 0. The Balaban J connectivity index is 0.00000364. The van der Waals surface area contributed by atoms with Crippen LogP contribution in [0, 0.1) is 11.8 Å². The molecule has 1 unspecified atom stereocenters. The Morgan fingerprint density at radius 3 is 2.37 bits per heavy atom. The number of hydrogen-bond donors (Lipinski definition) is 2. The van der Waals surface area contributed by atoms with E-state index in [0.29, 0.717) is 18.0 Å². The average molecular weight is 494 g/mol. The molecule has 2 heterocycles. The highest BCUT2D eigenvalue weighted by atomic mass is 127. The molecule has 0 aromatic heterocycles. The van der Waals surface area contributed by atoms with Crippen LogP contribution in [0.1, 0.15) is 60.3 Å². The van der Waals surface area contributed by atoms with Gasteiger partial charge in [-0.3, -0.25) is 4.99 Å². The molecule has 2 fully saturated rings. The van der Waals surface area contributed by atoms with Gasteiger partial charge in [-0.1, -0.05) is 13.8 Å². The summed E-state index contributed by atoms with van der Waals surface area (Å²) in [5.74, 6) is 2.49. The number of nitrogens with one attached hydrogen (secondary N) is 2. The third-order valence-corrected chi connectivity index (χ3v) is 5.68. The van der Waals surface area contributed by atoms with Gasteiger partial charge in [0.25, 0.3) is 0 Å². The second-order valence-corrected chi connectivity index (χ2v) is 8.93. The van der Waals surface area contributed by atoms with Crippen LogP contribution in [-0.2, 0) is 0 Å². The molecule has 0 radical (unpaired) electrons. The van der Waals surface area contributed by atoms with Crippen LogP contribution in [0.15, 0.2) is 4.99 Å². The standard InChI is InChI=1S/C21H43N5.HI/c1-6-22-21(24-20-9-12-26(13-10-20)18(4)5)23-14-19-8-7-11-25(16-19)15-17(2)3;/h17-20H,6-16H2,1-5H3,(H2,22,23,24);1H. The van der Waals surface area contributed by atoms with Gasteiger partial charge in [0.15, 0.2) is 5.96 Å². The van der Waals surface area contributed by atoms with Gasteiger partial charge in [0, 0.05) is 51.4 Å². The fourth-order valence-corrected chi connectivity index (χ4v) is 4.28. The molecule has 0 aromatic rings. The molecule has 27 heavy (non-hydrogen) atoms. The van der Waals surface area contributed by atoms with Crippen LogP contribution in [0.5, 0.6) is 0 Å². The van der Waals surface area contributed by atoms with E-state index < -0.39 is 0 Å². The molecule has 0 aliphatic carbocycles. The maximum Gasteiger partial charge on any atom is 0.191 e. The van der Waals surface area contributed by atoms with Crippen molar-refractivity contribution in [2.45, 2.75) is 72.4 Å². The van der Waals surface area contributed by atoms with E-state index in [9.17, 15) is 0 Å². The molecule has 2 aliphatic rings. The zero-order valence-corrected chi connectivity index (χ0v) is 20.7. The van der Waals surface area contributed by atoms with Gasteiger partial charge in [0.05, 0.1) is 0 Å². The predicted molar refractivity (Wildman–Crippen MR) is 128 cm³/mol. The normalized spacial score (nSPS) is 23.5. The van der Waals surface area contributed by atoms with Crippen molar-refractivity contribution in [1.29, 1.82) is 0 Å². The van der Waals surface area contributed by atoms with E-state index in [0.717, 1.165) is 25.0 Å². The van der Waals surface area contributed by atoms with E-state index in [1.54, 1.807) is 0 Å². The van der Waals surface area contributed by atoms with Gasteiger partial charge < -0.3 is 20.4 Å². The van der Waals surface area contributed by atoms with E-state index in [2.05, 4.69) is 55.1 Å². The van der Waals surface area contributed by atoms with Crippen LogP contribution in [0.25, 0.3) is 0 Å². The smallest absolute Gasteiger partial charge is 0.191 e. The molecular formula is C21H44IN5. The van der Waals surface area contributed by atoms with Gasteiger partial charge >= 0.3 is 0 Å².